The molecule has 3 nitrogen and oxygen atoms in total. The number of nitrogens with one attached hydrogen (secondary N) is 1. The van der Waals surface area contributed by atoms with E-state index in [1.54, 1.807) is 17.0 Å². The highest BCUT2D eigenvalue weighted by Crippen LogP contribution is 2.33. The molecule has 2 aromatic rings. The Morgan fingerprint density at radius 3 is 2.62 bits per heavy atom. The zero-order valence-electron chi connectivity index (χ0n) is 12.3. The van der Waals surface area contributed by atoms with E-state index in [-0.39, 0.29) is 5.91 Å². The van der Waals surface area contributed by atoms with Gasteiger partial charge in [0, 0.05) is 15.2 Å². The Morgan fingerprint density at radius 2 is 1.92 bits per heavy atom. The predicted octanol–water partition coefficient (Wildman–Crippen LogP) is 5.37. The highest BCUT2D eigenvalue weighted by Gasteiger charge is 2.31. The molecule has 0 aromatic heterocycles. The van der Waals surface area contributed by atoms with Gasteiger partial charge in [0.2, 0.25) is 0 Å². The second kappa shape index (κ2) is 7.70. The van der Waals surface area contributed by atoms with Crippen molar-refractivity contribution in [1.82, 2.24) is 4.90 Å². The van der Waals surface area contributed by atoms with E-state index in [0.29, 0.717) is 20.9 Å². The minimum Gasteiger partial charge on any atom is -0.367 e. The fourth-order valence-electron chi connectivity index (χ4n) is 2.11. The number of hydrogen-bond acceptors (Lipinski definition) is 4. The van der Waals surface area contributed by atoms with Gasteiger partial charge in [-0.25, -0.2) is 0 Å². The molecule has 0 atom stereocenters. The van der Waals surface area contributed by atoms with Crippen LogP contribution in [0, 0.1) is 0 Å². The van der Waals surface area contributed by atoms with Crippen molar-refractivity contribution in [1.29, 1.82) is 0 Å². The summed E-state index contributed by atoms with van der Waals surface area (Å²) >= 11 is 16.0. The van der Waals surface area contributed by atoms with Gasteiger partial charge in [-0.1, -0.05) is 69.7 Å². The highest BCUT2D eigenvalue weighted by atomic mass is 79.9. The van der Waals surface area contributed by atoms with Crippen LogP contribution in [-0.4, -0.2) is 21.8 Å². The lowest BCUT2D eigenvalue weighted by Gasteiger charge is -2.16. The van der Waals surface area contributed by atoms with Crippen molar-refractivity contribution in [2.24, 2.45) is 0 Å². The molecule has 122 valence electrons. The number of hydrogen-bond donors (Lipinski definition) is 1. The molecule has 2 aromatic carbocycles. The molecule has 3 rings (SSSR count). The molecule has 0 spiro atoms. The molecule has 24 heavy (non-hydrogen) atoms. The maximum atomic E-state index is 12.6. The fourth-order valence-corrected chi connectivity index (χ4v) is 3.88. The smallest absolute Gasteiger partial charge is 0.267 e. The van der Waals surface area contributed by atoms with E-state index in [4.69, 9.17) is 23.8 Å². The third-order valence-electron chi connectivity index (χ3n) is 3.35. The van der Waals surface area contributed by atoms with Gasteiger partial charge in [0.05, 0.1) is 11.6 Å². The predicted molar refractivity (Wildman–Crippen MR) is 109 cm³/mol. The van der Waals surface area contributed by atoms with Crippen LogP contribution in [0.3, 0.4) is 0 Å². The summed E-state index contributed by atoms with van der Waals surface area (Å²) in [6.07, 6.45) is 1.85. The second-order valence-corrected chi connectivity index (χ2v) is 7.94. The van der Waals surface area contributed by atoms with Gasteiger partial charge >= 0.3 is 0 Å². The van der Waals surface area contributed by atoms with Gasteiger partial charge in [-0.15, -0.1) is 0 Å². The molecule has 1 saturated heterocycles. The lowest BCUT2D eigenvalue weighted by atomic mass is 10.2. The van der Waals surface area contributed by atoms with Crippen molar-refractivity contribution in [2.75, 3.05) is 12.0 Å². The maximum absolute atomic E-state index is 12.6. The zero-order valence-corrected chi connectivity index (χ0v) is 16.3. The summed E-state index contributed by atoms with van der Waals surface area (Å²) in [5.41, 5.74) is 1.83. The first-order valence-corrected chi connectivity index (χ1v) is 9.43. The van der Waals surface area contributed by atoms with Crippen LogP contribution in [0.2, 0.25) is 5.02 Å². The number of carbonyl (C=O) groups is 1. The Kier molecular flexibility index (Phi) is 5.61. The molecule has 1 heterocycles. The summed E-state index contributed by atoms with van der Waals surface area (Å²) in [5.74, 6) is -0.0952. The van der Waals surface area contributed by atoms with Crippen molar-refractivity contribution in [3.63, 3.8) is 0 Å². The largest absolute Gasteiger partial charge is 0.367 e. The summed E-state index contributed by atoms with van der Waals surface area (Å²) in [6.45, 7) is 0.319. The highest BCUT2D eigenvalue weighted by molar-refractivity contribution is 9.10. The summed E-state index contributed by atoms with van der Waals surface area (Å²) in [4.78, 5) is 14.7. The summed E-state index contributed by atoms with van der Waals surface area (Å²) in [6, 6.07) is 15.1. The molecule has 1 N–H and O–H groups in total. The van der Waals surface area contributed by atoms with Crippen LogP contribution in [0.5, 0.6) is 0 Å². The second-order valence-electron chi connectivity index (χ2n) is 4.97. The third kappa shape index (κ3) is 4.00. The van der Waals surface area contributed by atoms with Crippen molar-refractivity contribution in [3.8, 4) is 0 Å². The Labute approximate surface area is 163 Å². The van der Waals surface area contributed by atoms with Crippen molar-refractivity contribution >= 4 is 73.5 Å². The van der Waals surface area contributed by atoms with Gasteiger partial charge in [-0.05, 0) is 42.0 Å². The van der Waals surface area contributed by atoms with E-state index >= 15 is 0 Å². The van der Waals surface area contributed by atoms with Gasteiger partial charge in [0.1, 0.15) is 4.32 Å². The van der Waals surface area contributed by atoms with E-state index in [2.05, 4.69) is 21.2 Å². The van der Waals surface area contributed by atoms with Gasteiger partial charge in [-0.2, -0.15) is 0 Å². The van der Waals surface area contributed by atoms with E-state index in [1.165, 1.54) is 11.8 Å². The average Bonchev–Trinajstić information content (AvgIpc) is 2.83. The van der Waals surface area contributed by atoms with Crippen molar-refractivity contribution in [2.45, 2.75) is 0 Å². The van der Waals surface area contributed by atoms with Gasteiger partial charge in [0.15, 0.2) is 0 Å². The van der Waals surface area contributed by atoms with Gasteiger partial charge < -0.3 is 5.32 Å². The average molecular weight is 440 g/mol. The monoisotopic (exact) mass is 438 g/mol. The molecule has 1 amide bonds. The number of thioether (sulfide) groups is 1. The number of carbonyl (C=O) groups excluding carboxylic acids is 1. The molecule has 0 bridgehead atoms. The number of rotatable bonds is 4. The molecular formula is C17H12BrClN2OS2. The van der Waals surface area contributed by atoms with Gasteiger partial charge in [-0.3, -0.25) is 9.69 Å². The number of benzene rings is 2. The molecule has 1 aliphatic heterocycles. The van der Waals surface area contributed by atoms with E-state index in [1.807, 2.05) is 42.5 Å². The fraction of sp³-hybridized carbons (Fsp3) is 0.0588. The number of amides is 1. The molecule has 1 fully saturated rings. The SMILES string of the molecule is O=C1C(=Cc2ccccc2Br)SC(=S)N1CNc1ccc(Cl)cc1. The molecule has 0 unspecified atom stereocenters. The Bertz CT molecular complexity index is 824. The quantitative estimate of drug-likeness (QED) is 0.512. The normalized spacial score (nSPS) is 16.1. The van der Waals surface area contributed by atoms with Gasteiger partial charge in [0.25, 0.3) is 5.91 Å². The molecule has 0 aliphatic carbocycles. The molecular weight excluding hydrogens is 428 g/mol. The minimum absolute atomic E-state index is 0.0952. The zero-order chi connectivity index (χ0) is 17.1. The van der Waals surface area contributed by atoms with Crippen molar-refractivity contribution in [3.05, 3.63) is 68.5 Å². The standard InChI is InChI=1S/C17H12BrClN2OS2/c18-14-4-2-1-3-11(14)9-15-16(22)21(17(23)24-15)10-20-13-7-5-12(19)6-8-13/h1-9,20H,10H2. The first kappa shape index (κ1) is 17.5. The topological polar surface area (TPSA) is 32.3 Å². The summed E-state index contributed by atoms with van der Waals surface area (Å²) < 4.78 is 1.48. The van der Waals surface area contributed by atoms with E-state index in [9.17, 15) is 4.79 Å². The summed E-state index contributed by atoms with van der Waals surface area (Å²) in [5, 5.41) is 3.85. The Morgan fingerprint density at radius 1 is 1.21 bits per heavy atom. The van der Waals surface area contributed by atoms with Crippen LogP contribution in [0.15, 0.2) is 57.9 Å². The minimum atomic E-state index is -0.0952. The van der Waals surface area contributed by atoms with E-state index in [0.717, 1.165) is 15.7 Å². The maximum Gasteiger partial charge on any atom is 0.267 e. The lowest BCUT2D eigenvalue weighted by molar-refractivity contribution is -0.121. The molecule has 1 aliphatic rings. The van der Waals surface area contributed by atoms with Crippen LogP contribution in [0.4, 0.5) is 5.69 Å². The molecule has 0 saturated carbocycles. The number of halogens is 2. The number of anilines is 1. The first-order chi connectivity index (χ1) is 11.5. The first-order valence-electron chi connectivity index (χ1n) is 7.04. The van der Waals surface area contributed by atoms with Crippen LogP contribution < -0.4 is 5.32 Å². The van der Waals surface area contributed by atoms with Crippen LogP contribution in [0.1, 0.15) is 5.56 Å². The molecule has 7 heteroatoms. The Balaban J connectivity index is 1.72. The summed E-state index contributed by atoms with van der Waals surface area (Å²) in [7, 11) is 0. The van der Waals surface area contributed by atoms with E-state index < -0.39 is 0 Å². The van der Waals surface area contributed by atoms with Crippen molar-refractivity contribution < 1.29 is 4.79 Å². The van der Waals surface area contributed by atoms with Crippen LogP contribution in [0.25, 0.3) is 6.08 Å². The third-order valence-corrected chi connectivity index (χ3v) is 5.70. The lowest BCUT2D eigenvalue weighted by Crippen LogP contribution is -2.33. The van der Waals surface area contributed by atoms with Crippen LogP contribution in [-0.2, 0) is 4.79 Å². The Hall–Kier alpha value is -1.34. The van der Waals surface area contributed by atoms with Crippen LogP contribution >= 0.6 is 51.5 Å². The molecule has 0 radical (unpaired) electrons. The number of nitrogens with zero attached hydrogens (tertiary/aromatic N) is 1. The number of thiocarbonyl (C=S) groups is 1.